The maximum atomic E-state index is 11.8. The third-order valence-electron chi connectivity index (χ3n) is 2.37. The van der Waals surface area contributed by atoms with Gasteiger partial charge in [-0.25, -0.2) is 0 Å². The van der Waals surface area contributed by atoms with Gasteiger partial charge in [0.15, 0.2) is 5.78 Å². The third kappa shape index (κ3) is 2.13. The van der Waals surface area contributed by atoms with Gasteiger partial charge in [0.25, 0.3) is 0 Å². The second-order valence-corrected chi connectivity index (χ2v) is 3.77. The summed E-state index contributed by atoms with van der Waals surface area (Å²) in [4.78, 5) is 23.2. The summed E-state index contributed by atoms with van der Waals surface area (Å²) in [6.45, 7) is 1.48. The van der Waals surface area contributed by atoms with E-state index in [1.54, 1.807) is 0 Å². The lowest BCUT2D eigenvalue weighted by Gasteiger charge is -2.13. The van der Waals surface area contributed by atoms with Crippen molar-refractivity contribution >= 4 is 11.8 Å². The molecule has 0 fully saturated rings. The predicted octanol–water partition coefficient (Wildman–Crippen LogP) is 1.28. The molecule has 0 amide bonds. The Hall–Kier alpha value is -2.30. The van der Waals surface area contributed by atoms with E-state index in [1.165, 1.54) is 13.0 Å². The van der Waals surface area contributed by atoms with Gasteiger partial charge in [-0.1, -0.05) is 0 Å². The summed E-state index contributed by atoms with van der Waals surface area (Å²) in [5.41, 5.74) is 0.278. The number of hydrogen-bond acceptors (Lipinski definition) is 5. The maximum Gasteiger partial charge on any atom is 0.315 e. The minimum atomic E-state index is -0.544. The third-order valence-corrected chi connectivity index (χ3v) is 2.37. The molecule has 0 radical (unpaired) electrons. The largest absolute Gasteiger partial charge is 0.508 e. The molecule has 0 aromatic heterocycles. The van der Waals surface area contributed by atoms with Gasteiger partial charge < -0.3 is 14.9 Å². The van der Waals surface area contributed by atoms with Crippen LogP contribution in [0.5, 0.6) is 11.5 Å². The van der Waals surface area contributed by atoms with Gasteiger partial charge in [0, 0.05) is 12.1 Å². The van der Waals surface area contributed by atoms with Crippen molar-refractivity contribution < 1.29 is 24.5 Å². The Morgan fingerprint density at radius 1 is 1.24 bits per heavy atom. The van der Waals surface area contributed by atoms with E-state index < -0.39 is 11.8 Å². The number of carbonyl (C=O) groups is 2. The Balaban J connectivity index is 2.64. The summed E-state index contributed by atoms with van der Waals surface area (Å²) in [6.07, 6.45) is 0.959. The standard InChI is InChI=1S/C12H10O5/c1-6-2-9(14)12-7(4-11(16)17-6)3-8(13)5-10(12)15/h2-3,5,13,15H,4H2,1H3. The molecule has 0 bridgehead atoms. The number of allylic oxidation sites excluding steroid dienone is 2. The molecule has 0 aliphatic carbocycles. The summed E-state index contributed by atoms with van der Waals surface area (Å²) >= 11 is 0. The number of cyclic esters (lactones) is 1. The molecule has 88 valence electrons. The van der Waals surface area contributed by atoms with Gasteiger partial charge in [0.2, 0.25) is 0 Å². The van der Waals surface area contributed by atoms with Gasteiger partial charge in [-0.3, -0.25) is 9.59 Å². The fourth-order valence-corrected chi connectivity index (χ4v) is 1.75. The number of carbonyl (C=O) groups excluding carboxylic acids is 2. The number of ether oxygens (including phenoxy) is 1. The molecule has 1 aliphatic rings. The highest BCUT2D eigenvalue weighted by molar-refractivity contribution is 6.09. The lowest BCUT2D eigenvalue weighted by atomic mass is 9.98. The number of phenolic OH excluding ortho intramolecular Hbond substituents is 2. The first kappa shape index (κ1) is 11.2. The van der Waals surface area contributed by atoms with Crippen molar-refractivity contribution in [3.8, 4) is 11.5 Å². The minimum Gasteiger partial charge on any atom is -0.508 e. The van der Waals surface area contributed by atoms with Crippen LogP contribution >= 0.6 is 0 Å². The fraction of sp³-hybridized carbons (Fsp3) is 0.167. The van der Waals surface area contributed by atoms with Crippen LogP contribution in [0.1, 0.15) is 22.8 Å². The second-order valence-electron chi connectivity index (χ2n) is 3.77. The molecule has 0 unspecified atom stereocenters. The van der Waals surface area contributed by atoms with E-state index in [0.717, 1.165) is 12.1 Å². The molecule has 1 aromatic carbocycles. The van der Waals surface area contributed by atoms with Gasteiger partial charge >= 0.3 is 5.97 Å². The van der Waals surface area contributed by atoms with Crippen LogP contribution in [-0.4, -0.2) is 22.0 Å². The van der Waals surface area contributed by atoms with Gasteiger partial charge in [-0.2, -0.15) is 0 Å². The summed E-state index contributed by atoms with van der Waals surface area (Å²) in [5.74, 6) is -1.37. The topological polar surface area (TPSA) is 83.8 Å². The van der Waals surface area contributed by atoms with E-state index in [1.807, 2.05) is 0 Å². The van der Waals surface area contributed by atoms with Crippen LogP contribution < -0.4 is 0 Å². The Kier molecular flexibility index (Phi) is 2.59. The first-order valence-electron chi connectivity index (χ1n) is 4.95. The quantitative estimate of drug-likeness (QED) is 0.660. The molecule has 1 aliphatic heterocycles. The first-order valence-corrected chi connectivity index (χ1v) is 4.95. The molecule has 5 heteroatoms. The zero-order chi connectivity index (χ0) is 12.6. The number of rotatable bonds is 0. The first-order chi connectivity index (χ1) is 7.97. The Bertz CT molecular complexity index is 542. The van der Waals surface area contributed by atoms with E-state index in [4.69, 9.17) is 4.74 Å². The van der Waals surface area contributed by atoms with Crippen LogP contribution in [0.2, 0.25) is 0 Å². The fourth-order valence-electron chi connectivity index (χ4n) is 1.75. The van der Waals surface area contributed by atoms with Crippen LogP contribution in [0.15, 0.2) is 24.0 Å². The highest BCUT2D eigenvalue weighted by Gasteiger charge is 2.22. The average molecular weight is 234 g/mol. The van der Waals surface area contributed by atoms with Gasteiger partial charge in [0.1, 0.15) is 17.3 Å². The van der Waals surface area contributed by atoms with E-state index in [2.05, 4.69) is 0 Å². The highest BCUT2D eigenvalue weighted by Crippen LogP contribution is 2.29. The van der Waals surface area contributed by atoms with Crippen molar-refractivity contribution in [3.63, 3.8) is 0 Å². The maximum absolute atomic E-state index is 11.8. The van der Waals surface area contributed by atoms with Gasteiger partial charge in [0.05, 0.1) is 12.0 Å². The number of ketones is 1. The summed E-state index contributed by atoms with van der Waals surface area (Å²) in [6, 6.07) is 2.33. The summed E-state index contributed by atoms with van der Waals surface area (Å²) < 4.78 is 4.84. The van der Waals surface area contributed by atoms with Crippen LogP contribution in [-0.2, 0) is 16.0 Å². The predicted molar refractivity (Wildman–Crippen MR) is 57.7 cm³/mol. The van der Waals surface area contributed by atoms with Crippen molar-refractivity contribution in [1.29, 1.82) is 0 Å². The molecule has 1 heterocycles. The molecule has 17 heavy (non-hydrogen) atoms. The zero-order valence-electron chi connectivity index (χ0n) is 9.06. The lowest BCUT2D eigenvalue weighted by Crippen LogP contribution is -2.14. The molecule has 0 atom stereocenters. The average Bonchev–Trinajstić information content (AvgIpc) is 2.12. The van der Waals surface area contributed by atoms with Gasteiger partial charge in [-0.05, 0) is 18.6 Å². The van der Waals surface area contributed by atoms with E-state index in [0.29, 0.717) is 0 Å². The van der Waals surface area contributed by atoms with Crippen molar-refractivity contribution in [2.24, 2.45) is 0 Å². The Labute approximate surface area is 97.0 Å². The van der Waals surface area contributed by atoms with Crippen LogP contribution in [0.4, 0.5) is 0 Å². The lowest BCUT2D eigenvalue weighted by molar-refractivity contribution is -0.138. The number of aromatic hydroxyl groups is 2. The summed E-state index contributed by atoms with van der Waals surface area (Å²) in [7, 11) is 0. The number of phenols is 2. The molecular weight excluding hydrogens is 224 g/mol. The Morgan fingerprint density at radius 2 is 1.94 bits per heavy atom. The van der Waals surface area contributed by atoms with E-state index >= 15 is 0 Å². The van der Waals surface area contributed by atoms with E-state index in [-0.39, 0.29) is 34.8 Å². The van der Waals surface area contributed by atoms with Crippen molar-refractivity contribution in [2.45, 2.75) is 13.3 Å². The molecule has 2 rings (SSSR count). The SMILES string of the molecule is CC1=CC(=O)c2c(O)cc(O)cc2CC(=O)O1. The molecule has 1 aromatic rings. The molecule has 0 spiro atoms. The number of benzene rings is 1. The van der Waals surface area contributed by atoms with Gasteiger partial charge in [-0.15, -0.1) is 0 Å². The van der Waals surface area contributed by atoms with Crippen molar-refractivity contribution in [3.05, 3.63) is 35.1 Å². The van der Waals surface area contributed by atoms with Crippen LogP contribution in [0.3, 0.4) is 0 Å². The highest BCUT2D eigenvalue weighted by atomic mass is 16.5. The van der Waals surface area contributed by atoms with Crippen LogP contribution in [0.25, 0.3) is 0 Å². The van der Waals surface area contributed by atoms with Crippen LogP contribution in [0, 0.1) is 0 Å². The molecule has 0 saturated heterocycles. The number of fused-ring (bicyclic) bond motifs is 1. The zero-order valence-corrected chi connectivity index (χ0v) is 9.06. The molecule has 2 N–H and O–H groups in total. The molecule has 5 nitrogen and oxygen atoms in total. The normalized spacial score (nSPS) is 15.5. The van der Waals surface area contributed by atoms with Crippen molar-refractivity contribution in [1.82, 2.24) is 0 Å². The minimum absolute atomic E-state index is 0.0267. The molecular formula is C12H10O5. The monoisotopic (exact) mass is 234 g/mol. The summed E-state index contributed by atoms with van der Waals surface area (Å²) in [5, 5.41) is 19.0. The number of hydrogen-bond donors (Lipinski definition) is 2. The van der Waals surface area contributed by atoms with Crippen molar-refractivity contribution in [2.75, 3.05) is 0 Å². The number of esters is 1. The molecule has 0 saturated carbocycles. The second kappa shape index (κ2) is 3.93. The Morgan fingerprint density at radius 3 is 2.65 bits per heavy atom. The van der Waals surface area contributed by atoms with E-state index in [9.17, 15) is 19.8 Å². The smallest absolute Gasteiger partial charge is 0.315 e.